The Hall–Kier alpha value is -6.80. The van der Waals surface area contributed by atoms with Gasteiger partial charge < -0.3 is 16.2 Å². The molecular formula is C24H22N16O5. The summed E-state index contributed by atoms with van der Waals surface area (Å²) in [6.45, 7) is 1.65. The molecule has 5 rings (SSSR count). The number of nitrogens with two attached hydrogens (primary N) is 2. The molecule has 0 atom stereocenters. The Morgan fingerprint density at radius 3 is 1.89 bits per heavy atom. The Kier molecular flexibility index (Phi) is 7.80. The molecule has 45 heavy (non-hydrogen) atoms. The first-order valence-corrected chi connectivity index (χ1v) is 12.6. The van der Waals surface area contributed by atoms with E-state index < -0.39 is 11.8 Å². The van der Waals surface area contributed by atoms with Gasteiger partial charge in [0.25, 0.3) is 0 Å². The Balaban J connectivity index is 1.44. The lowest BCUT2D eigenvalue weighted by Gasteiger charge is -2.05. The molecule has 0 unspecified atom stereocenters. The van der Waals surface area contributed by atoms with E-state index in [-0.39, 0.29) is 69.4 Å². The predicted octanol–water partition coefficient (Wildman–Crippen LogP) is 1.60. The summed E-state index contributed by atoms with van der Waals surface area (Å²) in [7, 11) is 4.31. The van der Waals surface area contributed by atoms with Gasteiger partial charge in [-0.15, -0.1) is 20.5 Å². The van der Waals surface area contributed by atoms with E-state index in [0.717, 1.165) is 10.9 Å². The minimum Gasteiger partial charge on any atom is -0.465 e. The van der Waals surface area contributed by atoms with Crippen LogP contribution in [0.1, 0.15) is 36.9 Å². The van der Waals surface area contributed by atoms with Crippen LogP contribution in [-0.2, 0) is 23.6 Å². The normalized spacial score (nSPS) is 11.5. The van der Waals surface area contributed by atoms with Crippen LogP contribution >= 0.6 is 0 Å². The van der Waals surface area contributed by atoms with E-state index in [1.165, 1.54) is 46.8 Å². The Morgan fingerprint density at radius 2 is 1.33 bits per heavy atom. The number of ketones is 1. The monoisotopic (exact) mass is 614 g/mol. The maximum atomic E-state index is 12.0. The zero-order valence-electron chi connectivity index (χ0n) is 23.9. The van der Waals surface area contributed by atoms with Gasteiger partial charge in [0.15, 0.2) is 64.5 Å². The van der Waals surface area contributed by atoms with Gasteiger partial charge in [-0.2, -0.15) is 29.8 Å². The molecule has 5 aromatic rings. The summed E-state index contributed by atoms with van der Waals surface area (Å²) in [5.41, 5.74) is 12.8. The molecule has 5 aromatic heterocycles. The molecule has 0 aliphatic carbocycles. The molecule has 0 saturated heterocycles. The molecule has 21 nitrogen and oxygen atoms in total. The highest BCUT2D eigenvalue weighted by Gasteiger charge is 2.21. The number of rotatable bonds is 10. The molecule has 0 bridgehead atoms. The second-order valence-corrected chi connectivity index (χ2v) is 9.00. The van der Waals surface area contributed by atoms with Crippen LogP contribution in [0.2, 0.25) is 0 Å². The molecule has 5 heterocycles. The first-order valence-electron chi connectivity index (χ1n) is 12.6. The van der Waals surface area contributed by atoms with Crippen molar-refractivity contribution >= 4 is 59.0 Å². The lowest BCUT2D eigenvalue weighted by atomic mass is 10.2. The second kappa shape index (κ2) is 11.8. The fourth-order valence-electron chi connectivity index (χ4n) is 3.95. The minimum atomic E-state index is -0.851. The van der Waals surface area contributed by atoms with Gasteiger partial charge in [0.2, 0.25) is 5.78 Å². The maximum absolute atomic E-state index is 12.0. The van der Waals surface area contributed by atoms with Crippen LogP contribution in [0.25, 0.3) is 11.6 Å². The van der Waals surface area contributed by atoms with Gasteiger partial charge in [-0.05, 0) is 6.92 Å². The van der Waals surface area contributed by atoms with E-state index in [1.807, 2.05) is 0 Å². The number of esters is 1. The number of methoxy groups -OCH3 is 1. The summed E-state index contributed by atoms with van der Waals surface area (Å²) in [5, 5.41) is 32.6. The predicted molar refractivity (Wildman–Crippen MR) is 152 cm³/mol. The van der Waals surface area contributed by atoms with Crippen molar-refractivity contribution < 1.29 is 23.9 Å². The van der Waals surface area contributed by atoms with Crippen molar-refractivity contribution in [2.75, 3.05) is 18.6 Å². The summed E-state index contributed by atoms with van der Waals surface area (Å²) in [6.07, 6.45) is 5.62. The first-order chi connectivity index (χ1) is 21.6. The van der Waals surface area contributed by atoms with Gasteiger partial charge in [0.05, 0.1) is 43.2 Å². The van der Waals surface area contributed by atoms with Crippen molar-refractivity contribution in [1.29, 1.82) is 0 Å². The summed E-state index contributed by atoms with van der Waals surface area (Å²) in [4.78, 5) is 55.2. The number of hydrogen-bond donors (Lipinski definition) is 2. The number of aryl methyl sites for hydroxylation is 3. The van der Waals surface area contributed by atoms with Gasteiger partial charge in [0.1, 0.15) is 5.56 Å². The molecule has 0 radical (unpaired) electrons. The number of Topliss-reactive ketones (excluding diaryl/α,β-unsaturated/α-hetero) is 1. The van der Waals surface area contributed by atoms with E-state index in [1.54, 1.807) is 14.0 Å². The maximum Gasteiger partial charge on any atom is 0.343 e. The average Bonchev–Trinajstić information content (AvgIpc) is 3.77. The number of anilines is 2. The third-order valence-corrected chi connectivity index (χ3v) is 6.24. The first kappa shape index (κ1) is 29.7. The van der Waals surface area contributed by atoms with E-state index in [4.69, 9.17) is 16.2 Å². The van der Waals surface area contributed by atoms with Gasteiger partial charge >= 0.3 is 5.97 Å². The van der Waals surface area contributed by atoms with Crippen LogP contribution in [0.5, 0.6) is 0 Å². The molecule has 228 valence electrons. The smallest absolute Gasteiger partial charge is 0.343 e. The quantitative estimate of drug-likeness (QED) is 0.0744. The number of nitrogen functional groups attached to an aromatic ring is 2. The van der Waals surface area contributed by atoms with Crippen LogP contribution in [0, 0.1) is 6.92 Å². The third-order valence-electron chi connectivity index (χ3n) is 6.24. The Bertz CT molecular complexity index is 2030. The fourth-order valence-corrected chi connectivity index (χ4v) is 3.95. The number of aldehydes is 2. The SMILES string of the molecule is COC(=O)c1cnn(C)c1N=Nc1c(C)nn(-c2cnc(-n3nc(C=O)c(N=Nc4c(C(=O)C=O)cnn4C)c3N)cn2)c1N. The molecule has 0 fully saturated rings. The van der Waals surface area contributed by atoms with Crippen LogP contribution in [0.3, 0.4) is 0 Å². The van der Waals surface area contributed by atoms with E-state index in [0.29, 0.717) is 12.0 Å². The van der Waals surface area contributed by atoms with E-state index in [2.05, 4.69) is 50.8 Å². The van der Waals surface area contributed by atoms with Crippen molar-refractivity contribution in [3.63, 3.8) is 0 Å². The van der Waals surface area contributed by atoms with Crippen molar-refractivity contribution in [1.82, 2.24) is 49.1 Å². The van der Waals surface area contributed by atoms with Gasteiger partial charge in [-0.3, -0.25) is 14.4 Å². The van der Waals surface area contributed by atoms with Gasteiger partial charge in [0, 0.05) is 14.1 Å². The minimum absolute atomic E-state index is 0.0320. The second-order valence-electron chi connectivity index (χ2n) is 9.00. The Morgan fingerprint density at radius 1 is 0.800 bits per heavy atom. The highest BCUT2D eigenvalue weighted by Crippen LogP contribution is 2.32. The van der Waals surface area contributed by atoms with Gasteiger partial charge in [-0.1, -0.05) is 0 Å². The number of aromatic nitrogens is 10. The molecule has 21 heteroatoms. The Labute approximate surface area is 251 Å². The molecule has 0 aromatic carbocycles. The summed E-state index contributed by atoms with van der Waals surface area (Å²) < 4.78 is 9.71. The van der Waals surface area contributed by atoms with Crippen molar-refractivity contribution in [2.45, 2.75) is 6.92 Å². The molecule has 0 aliphatic rings. The molecule has 4 N–H and O–H groups in total. The number of carbonyl (C=O) groups excluding carboxylic acids is 4. The van der Waals surface area contributed by atoms with Crippen LogP contribution in [0.4, 0.5) is 34.6 Å². The number of hydrogen-bond acceptors (Lipinski definition) is 17. The van der Waals surface area contributed by atoms with Crippen molar-refractivity contribution in [3.05, 3.63) is 47.3 Å². The molecular weight excluding hydrogens is 592 g/mol. The topological polar surface area (TPSA) is 276 Å². The zero-order chi connectivity index (χ0) is 32.4. The number of carbonyl (C=O) groups is 4. The molecule has 0 amide bonds. The summed E-state index contributed by atoms with van der Waals surface area (Å²) >= 11 is 0. The molecule has 0 saturated carbocycles. The number of ether oxygens (including phenoxy) is 1. The highest BCUT2D eigenvalue weighted by molar-refractivity contribution is 6.34. The fraction of sp³-hybridized carbons (Fsp3) is 0.167. The largest absolute Gasteiger partial charge is 0.465 e. The third kappa shape index (κ3) is 5.31. The highest BCUT2D eigenvalue weighted by atomic mass is 16.5. The van der Waals surface area contributed by atoms with Crippen LogP contribution < -0.4 is 11.5 Å². The number of nitrogens with zero attached hydrogens (tertiary/aromatic N) is 14. The van der Waals surface area contributed by atoms with Crippen LogP contribution in [0.15, 0.2) is 45.2 Å². The zero-order valence-corrected chi connectivity index (χ0v) is 23.9. The lowest BCUT2D eigenvalue weighted by Crippen LogP contribution is -2.08. The van der Waals surface area contributed by atoms with E-state index in [9.17, 15) is 19.2 Å². The molecule has 0 spiro atoms. The van der Waals surface area contributed by atoms with E-state index >= 15 is 0 Å². The summed E-state index contributed by atoms with van der Waals surface area (Å²) in [6, 6.07) is 0. The van der Waals surface area contributed by atoms with Crippen LogP contribution in [-0.4, -0.2) is 80.5 Å². The molecule has 0 aliphatic heterocycles. The number of azo groups is 2. The van der Waals surface area contributed by atoms with Crippen molar-refractivity contribution in [3.8, 4) is 11.6 Å². The van der Waals surface area contributed by atoms with Gasteiger partial charge in [-0.25, -0.2) is 24.1 Å². The lowest BCUT2D eigenvalue weighted by molar-refractivity contribution is -0.104. The van der Waals surface area contributed by atoms with Crippen molar-refractivity contribution in [2.24, 2.45) is 34.6 Å². The standard InChI is InChI=1S/C24H22N16O5/c1-11-18(31-34-23-13(24(44)45-4)6-30-38(23)3)20(25)39(35-11)16-7-28-17(8-27-16)40-21(26)19(14(9-41)36-40)32-33-22-12(15(43)10-42)5-29-37(22)2/h5-10H,25-26H2,1-4H3. The summed E-state index contributed by atoms with van der Waals surface area (Å²) in [5.74, 6) is -1.10. The average molecular weight is 615 g/mol.